The number of guanidine groups is 1. The Morgan fingerprint density at radius 1 is 1.09 bits per heavy atom. The summed E-state index contributed by atoms with van der Waals surface area (Å²) in [5.74, 6) is 0.529. The fraction of sp³-hybridized carbons (Fsp3) is 0.360. The van der Waals surface area contributed by atoms with Crippen LogP contribution in [0, 0.1) is 5.82 Å². The maximum absolute atomic E-state index is 13.5. The number of aromatic nitrogens is 1. The van der Waals surface area contributed by atoms with Gasteiger partial charge in [-0.05, 0) is 36.2 Å². The highest BCUT2D eigenvalue weighted by atomic mass is 127. The molecule has 33 heavy (non-hydrogen) atoms. The molecule has 0 bridgehead atoms. The third kappa shape index (κ3) is 6.84. The molecule has 0 saturated carbocycles. The number of nitrogens with one attached hydrogen (secondary N) is 2. The van der Waals surface area contributed by atoms with Crippen LogP contribution in [0.3, 0.4) is 0 Å². The van der Waals surface area contributed by atoms with E-state index in [4.69, 9.17) is 9.73 Å². The number of halogens is 2. The van der Waals surface area contributed by atoms with Crippen LogP contribution in [0.4, 0.5) is 4.39 Å². The lowest BCUT2D eigenvalue weighted by Crippen LogP contribution is -2.46. The predicted octanol–water partition coefficient (Wildman–Crippen LogP) is 4.12. The number of para-hydroxylation sites is 1. The summed E-state index contributed by atoms with van der Waals surface area (Å²) in [5.41, 5.74) is 3.14. The predicted molar refractivity (Wildman–Crippen MR) is 142 cm³/mol. The molecule has 1 aliphatic rings. The molecular formula is C25H31FIN5O. The average Bonchev–Trinajstić information content (AvgIpc) is 2.84. The maximum atomic E-state index is 13.5. The van der Waals surface area contributed by atoms with Crippen molar-refractivity contribution < 1.29 is 9.13 Å². The summed E-state index contributed by atoms with van der Waals surface area (Å²) in [6.45, 7) is 7.11. The number of rotatable bonds is 7. The van der Waals surface area contributed by atoms with Crippen LogP contribution >= 0.6 is 24.0 Å². The van der Waals surface area contributed by atoms with Crippen molar-refractivity contribution in [3.05, 3.63) is 77.7 Å². The highest BCUT2D eigenvalue weighted by Gasteiger charge is 2.23. The molecule has 2 N–H and O–H groups in total. The fourth-order valence-electron chi connectivity index (χ4n) is 4.03. The van der Waals surface area contributed by atoms with Crippen molar-refractivity contribution in [2.45, 2.75) is 19.5 Å². The van der Waals surface area contributed by atoms with Gasteiger partial charge in [-0.15, -0.1) is 24.0 Å². The molecule has 1 saturated heterocycles. The fourth-order valence-corrected chi connectivity index (χ4v) is 4.03. The SMILES string of the molecule is CCNC(=NCc1cccc2cccnc12)NCC(c1ccc(F)cc1)N1CCOCC1.I. The molecule has 1 unspecified atom stereocenters. The van der Waals surface area contributed by atoms with Gasteiger partial charge in [0.1, 0.15) is 5.82 Å². The standard InChI is InChI=1S/C25H30FN5O.HI/c1-2-27-25(29-17-21-6-3-5-20-7-4-12-28-24(20)21)30-18-23(31-13-15-32-16-14-31)19-8-10-22(26)11-9-19;/h3-12,23H,2,13-18H2,1H3,(H2,27,29,30);1H. The molecule has 2 aromatic carbocycles. The Balaban J connectivity index is 0.00000306. The van der Waals surface area contributed by atoms with E-state index in [9.17, 15) is 4.39 Å². The van der Waals surface area contributed by atoms with Crippen molar-refractivity contribution in [2.24, 2.45) is 4.99 Å². The van der Waals surface area contributed by atoms with E-state index in [1.165, 1.54) is 12.1 Å². The number of benzene rings is 2. The topological polar surface area (TPSA) is 61.8 Å². The molecule has 8 heteroatoms. The summed E-state index contributed by atoms with van der Waals surface area (Å²) < 4.78 is 19.0. The second kappa shape index (κ2) is 12.8. The minimum absolute atomic E-state index is 0. The molecule has 6 nitrogen and oxygen atoms in total. The number of nitrogens with zero attached hydrogens (tertiary/aromatic N) is 3. The maximum Gasteiger partial charge on any atom is 0.191 e. The third-order valence-electron chi connectivity index (χ3n) is 5.67. The quantitative estimate of drug-likeness (QED) is 0.258. The van der Waals surface area contributed by atoms with Crippen molar-refractivity contribution in [2.75, 3.05) is 39.4 Å². The Morgan fingerprint density at radius 3 is 2.61 bits per heavy atom. The Kier molecular flexibility index (Phi) is 9.83. The Labute approximate surface area is 211 Å². The second-order valence-corrected chi connectivity index (χ2v) is 7.78. The summed E-state index contributed by atoms with van der Waals surface area (Å²) in [7, 11) is 0. The number of ether oxygens (including phenoxy) is 1. The van der Waals surface area contributed by atoms with Crippen molar-refractivity contribution in [1.82, 2.24) is 20.5 Å². The summed E-state index contributed by atoms with van der Waals surface area (Å²) in [5, 5.41) is 7.94. The summed E-state index contributed by atoms with van der Waals surface area (Å²) in [4.78, 5) is 11.7. The molecule has 1 aliphatic heterocycles. The van der Waals surface area contributed by atoms with Crippen LogP contribution < -0.4 is 10.6 Å². The monoisotopic (exact) mass is 563 g/mol. The first-order chi connectivity index (χ1) is 15.7. The molecule has 3 aromatic rings. The van der Waals surface area contributed by atoms with Gasteiger partial charge in [0, 0.05) is 37.8 Å². The molecule has 1 aromatic heterocycles. The van der Waals surface area contributed by atoms with Gasteiger partial charge in [0.05, 0.1) is 31.3 Å². The number of fused-ring (bicyclic) bond motifs is 1. The lowest BCUT2D eigenvalue weighted by molar-refractivity contribution is 0.0170. The molecule has 176 valence electrons. The minimum Gasteiger partial charge on any atom is -0.379 e. The van der Waals surface area contributed by atoms with E-state index in [1.54, 1.807) is 0 Å². The number of morpholine rings is 1. The normalized spacial score (nSPS) is 15.6. The van der Waals surface area contributed by atoms with Crippen LogP contribution in [0.1, 0.15) is 24.1 Å². The first-order valence-electron chi connectivity index (χ1n) is 11.2. The van der Waals surface area contributed by atoms with Crippen LogP contribution in [0.15, 0.2) is 65.8 Å². The second-order valence-electron chi connectivity index (χ2n) is 7.78. The van der Waals surface area contributed by atoms with Crippen LogP contribution in [-0.2, 0) is 11.3 Å². The minimum atomic E-state index is -0.221. The zero-order valence-electron chi connectivity index (χ0n) is 18.8. The zero-order chi connectivity index (χ0) is 22.2. The van der Waals surface area contributed by atoms with Gasteiger partial charge in [0.2, 0.25) is 0 Å². The summed E-state index contributed by atoms with van der Waals surface area (Å²) in [6, 6.07) is 17.1. The summed E-state index contributed by atoms with van der Waals surface area (Å²) >= 11 is 0. The van der Waals surface area contributed by atoms with E-state index in [-0.39, 0.29) is 35.8 Å². The van der Waals surface area contributed by atoms with Crippen molar-refractivity contribution in [1.29, 1.82) is 0 Å². The molecule has 1 atom stereocenters. The van der Waals surface area contributed by atoms with E-state index < -0.39 is 0 Å². The average molecular weight is 563 g/mol. The van der Waals surface area contributed by atoms with E-state index in [2.05, 4.69) is 45.6 Å². The summed E-state index contributed by atoms with van der Waals surface area (Å²) in [6.07, 6.45) is 1.81. The van der Waals surface area contributed by atoms with E-state index in [1.807, 2.05) is 30.5 Å². The van der Waals surface area contributed by atoms with Crippen LogP contribution in [-0.4, -0.2) is 55.2 Å². The van der Waals surface area contributed by atoms with Gasteiger partial charge < -0.3 is 15.4 Å². The van der Waals surface area contributed by atoms with E-state index in [0.717, 1.165) is 47.6 Å². The Morgan fingerprint density at radius 2 is 1.85 bits per heavy atom. The molecular weight excluding hydrogens is 532 g/mol. The highest BCUT2D eigenvalue weighted by Crippen LogP contribution is 2.22. The van der Waals surface area contributed by atoms with Gasteiger partial charge in [-0.3, -0.25) is 9.88 Å². The van der Waals surface area contributed by atoms with Crippen LogP contribution in [0.2, 0.25) is 0 Å². The zero-order valence-corrected chi connectivity index (χ0v) is 21.2. The number of hydrogen-bond acceptors (Lipinski definition) is 4. The van der Waals surface area contributed by atoms with Gasteiger partial charge in [-0.1, -0.05) is 36.4 Å². The van der Waals surface area contributed by atoms with E-state index in [0.29, 0.717) is 26.3 Å². The molecule has 4 rings (SSSR count). The van der Waals surface area contributed by atoms with Crippen LogP contribution in [0.5, 0.6) is 0 Å². The first kappa shape index (κ1) is 25.3. The lowest BCUT2D eigenvalue weighted by atomic mass is 10.0. The highest BCUT2D eigenvalue weighted by molar-refractivity contribution is 14.0. The van der Waals surface area contributed by atoms with Gasteiger partial charge in [-0.25, -0.2) is 9.38 Å². The first-order valence-corrected chi connectivity index (χ1v) is 11.2. The molecule has 0 aliphatic carbocycles. The molecule has 1 fully saturated rings. The Bertz CT molecular complexity index is 1040. The number of hydrogen-bond donors (Lipinski definition) is 2. The largest absolute Gasteiger partial charge is 0.379 e. The molecule has 0 amide bonds. The number of pyridine rings is 1. The smallest absolute Gasteiger partial charge is 0.191 e. The molecule has 2 heterocycles. The van der Waals surface area contributed by atoms with Gasteiger partial charge >= 0.3 is 0 Å². The van der Waals surface area contributed by atoms with Crippen molar-refractivity contribution in [3.8, 4) is 0 Å². The van der Waals surface area contributed by atoms with Crippen LogP contribution in [0.25, 0.3) is 10.9 Å². The van der Waals surface area contributed by atoms with Crippen molar-refractivity contribution >= 4 is 40.8 Å². The van der Waals surface area contributed by atoms with Gasteiger partial charge in [0.25, 0.3) is 0 Å². The van der Waals surface area contributed by atoms with Crippen molar-refractivity contribution in [3.63, 3.8) is 0 Å². The van der Waals surface area contributed by atoms with Gasteiger partial charge in [0.15, 0.2) is 5.96 Å². The van der Waals surface area contributed by atoms with Gasteiger partial charge in [-0.2, -0.15) is 0 Å². The Hall–Kier alpha value is -2.30. The third-order valence-corrected chi connectivity index (χ3v) is 5.67. The lowest BCUT2D eigenvalue weighted by Gasteiger charge is -2.35. The number of aliphatic imine (C=N–C) groups is 1. The molecule has 0 spiro atoms. The molecule has 0 radical (unpaired) electrons. The van der Waals surface area contributed by atoms with E-state index >= 15 is 0 Å².